The molecule has 3 aromatic rings. The summed E-state index contributed by atoms with van der Waals surface area (Å²) in [6, 6.07) is 7.96. The van der Waals surface area contributed by atoms with Gasteiger partial charge in [0.15, 0.2) is 0 Å². The van der Waals surface area contributed by atoms with E-state index < -0.39 is 0 Å². The van der Waals surface area contributed by atoms with E-state index in [2.05, 4.69) is 40.3 Å². The Morgan fingerprint density at radius 3 is 2.78 bits per heavy atom. The smallest absolute Gasteiger partial charge is 0.323 e. The molecule has 2 atom stereocenters. The standard InChI is InChI=1S/C29H41N5O3/c1-6-8-24(29(36)37-19(2)3)31-16-21-10-11-26-25(14-21)32-27(23-13-20(4)28(35)33(5)18-23)34(26)17-22-9-7-12-30-15-22/h10-11,13-14,18-19,22,24,30-31H,6-9,12,15-17H2,1-5H3/t22-,24?/m1/s1. The summed E-state index contributed by atoms with van der Waals surface area (Å²) in [5.41, 5.74) is 4.73. The number of imidazole rings is 1. The molecule has 2 aromatic heterocycles. The summed E-state index contributed by atoms with van der Waals surface area (Å²) in [6.45, 7) is 11.2. The van der Waals surface area contributed by atoms with Gasteiger partial charge in [-0.2, -0.15) is 0 Å². The zero-order valence-corrected chi connectivity index (χ0v) is 22.8. The van der Waals surface area contributed by atoms with E-state index in [-0.39, 0.29) is 23.7 Å². The molecule has 2 N–H and O–H groups in total. The lowest BCUT2D eigenvalue weighted by molar-refractivity contribution is -0.150. The number of carbonyl (C=O) groups is 1. The largest absolute Gasteiger partial charge is 0.462 e. The van der Waals surface area contributed by atoms with Gasteiger partial charge in [0, 0.05) is 37.5 Å². The van der Waals surface area contributed by atoms with Crippen molar-refractivity contribution in [2.45, 2.75) is 78.6 Å². The number of hydrogen-bond donors (Lipinski definition) is 2. The van der Waals surface area contributed by atoms with Gasteiger partial charge in [0.1, 0.15) is 11.9 Å². The van der Waals surface area contributed by atoms with Crippen LogP contribution in [0.1, 0.15) is 57.6 Å². The number of piperidine rings is 1. The second kappa shape index (κ2) is 12.0. The molecular formula is C29H41N5O3. The molecule has 8 heteroatoms. The minimum absolute atomic E-state index is 0.00822. The van der Waals surface area contributed by atoms with Gasteiger partial charge in [0.05, 0.1) is 17.1 Å². The molecule has 0 amide bonds. The van der Waals surface area contributed by atoms with Crippen molar-refractivity contribution in [2.24, 2.45) is 13.0 Å². The highest BCUT2D eigenvalue weighted by atomic mass is 16.5. The highest BCUT2D eigenvalue weighted by Gasteiger charge is 2.22. The molecule has 1 unspecified atom stereocenters. The van der Waals surface area contributed by atoms with Gasteiger partial charge in [-0.1, -0.05) is 19.4 Å². The molecule has 1 saturated heterocycles. The van der Waals surface area contributed by atoms with E-state index >= 15 is 0 Å². The van der Waals surface area contributed by atoms with Gasteiger partial charge in [-0.15, -0.1) is 0 Å². The molecule has 0 bridgehead atoms. The normalized spacial score (nSPS) is 16.9. The number of pyridine rings is 1. The van der Waals surface area contributed by atoms with E-state index in [1.807, 2.05) is 33.0 Å². The first-order valence-electron chi connectivity index (χ1n) is 13.6. The van der Waals surface area contributed by atoms with Gasteiger partial charge >= 0.3 is 5.97 Å². The SMILES string of the molecule is CCCC(NCc1ccc2c(c1)nc(-c1cc(C)c(=O)n(C)c1)n2C[C@@H]1CCCNC1)C(=O)OC(C)C. The summed E-state index contributed by atoms with van der Waals surface area (Å²) in [5.74, 6) is 1.21. The van der Waals surface area contributed by atoms with E-state index in [0.717, 1.165) is 60.5 Å². The lowest BCUT2D eigenvalue weighted by Crippen LogP contribution is -2.38. The van der Waals surface area contributed by atoms with Gasteiger partial charge in [0.2, 0.25) is 0 Å². The number of fused-ring (bicyclic) bond motifs is 1. The Labute approximate surface area is 219 Å². The van der Waals surface area contributed by atoms with Crippen molar-refractivity contribution in [3.05, 3.63) is 51.9 Å². The van der Waals surface area contributed by atoms with Crippen molar-refractivity contribution in [1.82, 2.24) is 24.8 Å². The zero-order chi connectivity index (χ0) is 26.5. The Kier molecular flexibility index (Phi) is 8.82. The molecule has 0 radical (unpaired) electrons. The third kappa shape index (κ3) is 6.48. The first kappa shape index (κ1) is 27.1. The van der Waals surface area contributed by atoms with Gasteiger partial charge < -0.3 is 24.5 Å². The van der Waals surface area contributed by atoms with Crippen molar-refractivity contribution in [3.63, 3.8) is 0 Å². The number of esters is 1. The van der Waals surface area contributed by atoms with Gasteiger partial charge in [-0.25, -0.2) is 4.98 Å². The molecule has 0 spiro atoms. The van der Waals surface area contributed by atoms with Crippen molar-refractivity contribution >= 4 is 17.0 Å². The minimum atomic E-state index is -0.330. The van der Waals surface area contributed by atoms with Crippen molar-refractivity contribution in [3.8, 4) is 11.4 Å². The number of rotatable bonds is 10. The monoisotopic (exact) mass is 507 g/mol. The van der Waals surface area contributed by atoms with E-state index in [0.29, 0.717) is 18.0 Å². The molecule has 1 fully saturated rings. The average Bonchev–Trinajstić information content (AvgIpc) is 3.22. The van der Waals surface area contributed by atoms with E-state index in [9.17, 15) is 9.59 Å². The van der Waals surface area contributed by atoms with Crippen LogP contribution in [0.4, 0.5) is 0 Å². The van der Waals surface area contributed by atoms with Crippen LogP contribution in [0.2, 0.25) is 0 Å². The summed E-state index contributed by atoms with van der Waals surface area (Å²) in [6.07, 6.45) is 5.74. The minimum Gasteiger partial charge on any atom is -0.462 e. The summed E-state index contributed by atoms with van der Waals surface area (Å²) < 4.78 is 9.39. The van der Waals surface area contributed by atoms with Crippen molar-refractivity contribution in [2.75, 3.05) is 13.1 Å². The molecule has 3 heterocycles. The maximum atomic E-state index is 12.5. The highest BCUT2D eigenvalue weighted by molar-refractivity contribution is 5.81. The fourth-order valence-electron chi connectivity index (χ4n) is 5.18. The van der Waals surface area contributed by atoms with Gasteiger partial charge in [-0.3, -0.25) is 9.59 Å². The number of carbonyl (C=O) groups excluding carboxylic acids is 1. The Balaban J connectivity index is 1.66. The van der Waals surface area contributed by atoms with Gasteiger partial charge in [-0.05, 0) is 82.8 Å². The first-order valence-corrected chi connectivity index (χ1v) is 13.6. The van der Waals surface area contributed by atoms with E-state index in [1.165, 1.54) is 12.8 Å². The van der Waals surface area contributed by atoms with Gasteiger partial charge in [0.25, 0.3) is 5.56 Å². The molecular weight excluding hydrogens is 466 g/mol. The van der Waals surface area contributed by atoms with Crippen LogP contribution < -0.4 is 16.2 Å². The molecule has 0 saturated carbocycles. The third-order valence-corrected chi connectivity index (χ3v) is 7.04. The number of nitrogens with one attached hydrogen (secondary N) is 2. The molecule has 1 aromatic carbocycles. The maximum absolute atomic E-state index is 12.5. The predicted molar refractivity (Wildman–Crippen MR) is 148 cm³/mol. The second-order valence-electron chi connectivity index (χ2n) is 10.6. The van der Waals surface area contributed by atoms with Crippen LogP contribution in [-0.4, -0.2) is 45.3 Å². The van der Waals surface area contributed by atoms with Crippen LogP contribution in [0.15, 0.2) is 35.3 Å². The number of benzene rings is 1. The topological polar surface area (TPSA) is 90.2 Å². The summed E-state index contributed by atoms with van der Waals surface area (Å²) in [7, 11) is 1.79. The molecule has 37 heavy (non-hydrogen) atoms. The Morgan fingerprint density at radius 1 is 1.30 bits per heavy atom. The fraction of sp³-hybridized carbons (Fsp3) is 0.552. The summed E-state index contributed by atoms with van der Waals surface area (Å²) in [5, 5.41) is 6.91. The molecule has 4 rings (SSSR count). The number of hydrogen-bond acceptors (Lipinski definition) is 6. The maximum Gasteiger partial charge on any atom is 0.323 e. The zero-order valence-electron chi connectivity index (χ0n) is 22.8. The Morgan fingerprint density at radius 2 is 2.11 bits per heavy atom. The summed E-state index contributed by atoms with van der Waals surface area (Å²) >= 11 is 0. The molecule has 1 aliphatic rings. The van der Waals surface area contributed by atoms with Crippen molar-refractivity contribution < 1.29 is 9.53 Å². The average molecular weight is 508 g/mol. The first-order chi connectivity index (χ1) is 17.8. The van der Waals surface area contributed by atoms with Crippen LogP contribution >= 0.6 is 0 Å². The van der Waals surface area contributed by atoms with Crippen LogP contribution in [0.5, 0.6) is 0 Å². The molecule has 200 valence electrons. The van der Waals surface area contributed by atoms with Crippen molar-refractivity contribution in [1.29, 1.82) is 0 Å². The quantitative estimate of drug-likeness (QED) is 0.404. The third-order valence-electron chi connectivity index (χ3n) is 7.04. The predicted octanol–water partition coefficient (Wildman–Crippen LogP) is 3.92. The summed E-state index contributed by atoms with van der Waals surface area (Å²) in [4.78, 5) is 29.9. The lowest BCUT2D eigenvalue weighted by Gasteiger charge is -2.24. The molecule has 8 nitrogen and oxygen atoms in total. The highest BCUT2D eigenvalue weighted by Crippen LogP contribution is 2.28. The van der Waals surface area contributed by atoms with E-state index in [1.54, 1.807) is 11.6 Å². The molecule has 1 aliphatic heterocycles. The van der Waals surface area contributed by atoms with Crippen LogP contribution in [-0.2, 0) is 29.7 Å². The number of ether oxygens (including phenoxy) is 1. The Bertz CT molecular complexity index is 1260. The number of aromatic nitrogens is 3. The van der Waals surface area contributed by atoms with Crippen LogP contribution in [0, 0.1) is 12.8 Å². The van der Waals surface area contributed by atoms with E-state index in [4.69, 9.17) is 9.72 Å². The van der Waals surface area contributed by atoms with Crippen LogP contribution in [0.25, 0.3) is 22.4 Å². The number of aryl methyl sites for hydroxylation is 2. The lowest BCUT2D eigenvalue weighted by atomic mass is 9.99. The van der Waals surface area contributed by atoms with Crippen LogP contribution in [0.3, 0.4) is 0 Å². The second-order valence-corrected chi connectivity index (χ2v) is 10.6. The Hall–Kier alpha value is -2.97. The molecule has 0 aliphatic carbocycles. The number of nitrogens with zero attached hydrogens (tertiary/aromatic N) is 3. The fourth-order valence-corrected chi connectivity index (χ4v) is 5.18.